The largest absolute Gasteiger partial charge is 0.507 e. The zero-order chi connectivity index (χ0) is 12.7. The maximum atomic E-state index is 9.59. The van der Waals surface area contributed by atoms with Crippen LogP contribution in [0.2, 0.25) is 0 Å². The molecule has 0 heterocycles. The Morgan fingerprint density at radius 3 is 2.71 bits per heavy atom. The van der Waals surface area contributed by atoms with Crippen LogP contribution in [0.1, 0.15) is 56.6 Å². The average Bonchev–Trinajstić information content (AvgIpc) is 2.34. The van der Waals surface area contributed by atoms with Crippen LogP contribution in [0, 0.1) is 0 Å². The van der Waals surface area contributed by atoms with Crippen LogP contribution in [-0.2, 0) is 0 Å². The van der Waals surface area contributed by atoms with Crippen LogP contribution in [0.5, 0.6) is 5.75 Å². The van der Waals surface area contributed by atoms with Crippen LogP contribution in [0.25, 0.3) is 0 Å². The number of oxime groups is 1. The number of phenolic OH excluding ortho intramolecular Hbond substituents is 1. The number of hydrogen-bond acceptors (Lipinski definition) is 3. The van der Waals surface area contributed by atoms with Crippen LogP contribution in [-0.4, -0.2) is 16.5 Å². The van der Waals surface area contributed by atoms with Gasteiger partial charge in [-0.1, -0.05) is 37.9 Å². The first-order chi connectivity index (χ1) is 8.22. The van der Waals surface area contributed by atoms with Crippen molar-refractivity contribution in [3.05, 3.63) is 29.3 Å². The molecular formula is C14H21NO2. The first kappa shape index (κ1) is 13.6. The zero-order valence-electron chi connectivity index (χ0n) is 10.6. The van der Waals surface area contributed by atoms with Gasteiger partial charge in [0.1, 0.15) is 5.75 Å². The van der Waals surface area contributed by atoms with E-state index in [0.29, 0.717) is 11.5 Å². The van der Waals surface area contributed by atoms with Crippen LogP contribution >= 0.6 is 0 Å². The summed E-state index contributed by atoms with van der Waals surface area (Å²) in [5, 5.41) is 21.1. The van der Waals surface area contributed by atoms with Crippen LogP contribution < -0.4 is 0 Å². The molecule has 0 spiro atoms. The van der Waals surface area contributed by atoms with E-state index in [1.165, 1.54) is 24.6 Å². The fraction of sp³-hybridized carbons (Fsp3) is 0.500. The van der Waals surface area contributed by atoms with Crippen molar-refractivity contribution < 1.29 is 10.3 Å². The molecule has 0 aliphatic rings. The van der Waals surface area contributed by atoms with Gasteiger partial charge in [-0.15, -0.1) is 0 Å². The molecule has 0 fully saturated rings. The lowest BCUT2D eigenvalue weighted by Crippen LogP contribution is -1.98. The van der Waals surface area contributed by atoms with Crippen molar-refractivity contribution in [3.63, 3.8) is 0 Å². The van der Waals surface area contributed by atoms with Crippen molar-refractivity contribution in [2.45, 2.75) is 45.4 Å². The third-order valence-corrected chi connectivity index (χ3v) is 3.12. The Hall–Kier alpha value is -1.51. The Balaban J connectivity index is 2.91. The van der Waals surface area contributed by atoms with E-state index in [4.69, 9.17) is 5.21 Å². The maximum absolute atomic E-state index is 9.59. The van der Waals surface area contributed by atoms with Gasteiger partial charge in [0.05, 0.1) is 6.21 Å². The predicted octanol–water partition coefficient (Wildman–Crippen LogP) is 3.88. The lowest BCUT2D eigenvalue weighted by Gasteiger charge is -2.15. The summed E-state index contributed by atoms with van der Waals surface area (Å²) in [6.07, 6.45) is 5.92. The summed E-state index contributed by atoms with van der Waals surface area (Å²) in [7, 11) is 0. The fourth-order valence-corrected chi connectivity index (χ4v) is 2.05. The Bertz CT molecular complexity index is 374. The fourth-order valence-electron chi connectivity index (χ4n) is 2.05. The monoisotopic (exact) mass is 235 g/mol. The molecule has 0 saturated carbocycles. The summed E-state index contributed by atoms with van der Waals surface area (Å²) >= 11 is 0. The zero-order valence-corrected chi connectivity index (χ0v) is 10.6. The number of benzene rings is 1. The van der Waals surface area contributed by atoms with Gasteiger partial charge in [-0.05, 0) is 36.5 Å². The van der Waals surface area contributed by atoms with Gasteiger partial charge in [0.25, 0.3) is 0 Å². The van der Waals surface area contributed by atoms with Crippen molar-refractivity contribution >= 4 is 6.21 Å². The second-order valence-electron chi connectivity index (χ2n) is 4.31. The molecule has 1 aromatic carbocycles. The molecule has 3 nitrogen and oxygen atoms in total. The molecule has 0 aliphatic carbocycles. The van der Waals surface area contributed by atoms with E-state index in [2.05, 4.69) is 19.0 Å². The molecule has 1 rings (SSSR count). The summed E-state index contributed by atoms with van der Waals surface area (Å²) in [5.41, 5.74) is 1.77. The molecular weight excluding hydrogens is 214 g/mol. The van der Waals surface area contributed by atoms with Gasteiger partial charge in [-0.25, -0.2) is 0 Å². The number of phenols is 1. The summed E-state index contributed by atoms with van der Waals surface area (Å²) in [6, 6.07) is 5.52. The van der Waals surface area contributed by atoms with Gasteiger partial charge in [-0.3, -0.25) is 0 Å². The third kappa shape index (κ3) is 3.77. The Kier molecular flexibility index (Phi) is 5.53. The minimum atomic E-state index is 0.150. The smallest absolute Gasteiger partial charge is 0.124 e. The lowest BCUT2D eigenvalue weighted by molar-refractivity contribution is 0.321. The van der Waals surface area contributed by atoms with Crippen molar-refractivity contribution in [2.24, 2.45) is 5.16 Å². The molecule has 0 aromatic heterocycles. The number of hydrogen-bond donors (Lipinski definition) is 2. The van der Waals surface area contributed by atoms with E-state index in [-0.39, 0.29) is 5.75 Å². The van der Waals surface area contributed by atoms with Gasteiger partial charge in [-0.2, -0.15) is 0 Å². The topological polar surface area (TPSA) is 52.8 Å². The summed E-state index contributed by atoms with van der Waals surface area (Å²) < 4.78 is 0. The minimum absolute atomic E-state index is 0.150. The van der Waals surface area contributed by atoms with Crippen molar-refractivity contribution in [3.8, 4) is 5.75 Å². The lowest BCUT2D eigenvalue weighted by atomic mass is 9.90. The molecule has 0 amide bonds. The summed E-state index contributed by atoms with van der Waals surface area (Å²) in [4.78, 5) is 0. The molecule has 1 atom stereocenters. The van der Waals surface area contributed by atoms with E-state index >= 15 is 0 Å². The predicted molar refractivity (Wildman–Crippen MR) is 70.0 cm³/mol. The van der Waals surface area contributed by atoms with Crippen molar-refractivity contribution in [1.29, 1.82) is 0 Å². The second kappa shape index (κ2) is 6.94. The van der Waals surface area contributed by atoms with E-state index in [1.807, 2.05) is 12.1 Å². The standard InChI is InChI=1S/C14H21NO2/c1-3-5-6-11(4-2)12-7-8-14(16)13(9-12)10-15-17/h7-11,16-17H,3-6H2,1-2H3/b15-10+. The van der Waals surface area contributed by atoms with E-state index in [1.54, 1.807) is 6.07 Å². The number of rotatable bonds is 6. The van der Waals surface area contributed by atoms with Crippen LogP contribution in [0.3, 0.4) is 0 Å². The molecule has 3 heteroatoms. The highest BCUT2D eigenvalue weighted by atomic mass is 16.4. The minimum Gasteiger partial charge on any atom is -0.507 e. The molecule has 0 saturated heterocycles. The molecule has 17 heavy (non-hydrogen) atoms. The van der Waals surface area contributed by atoms with Gasteiger partial charge >= 0.3 is 0 Å². The number of unbranched alkanes of at least 4 members (excludes halogenated alkanes) is 1. The first-order valence-electron chi connectivity index (χ1n) is 6.23. The quantitative estimate of drug-likeness (QED) is 0.446. The molecule has 0 bridgehead atoms. The van der Waals surface area contributed by atoms with E-state index in [0.717, 1.165) is 12.8 Å². The van der Waals surface area contributed by atoms with Crippen molar-refractivity contribution in [2.75, 3.05) is 0 Å². The molecule has 0 radical (unpaired) electrons. The van der Waals surface area contributed by atoms with Gasteiger partial charge in [0.2, 0.25) is 0 Å². The highest BCUT2D eigenvalue weighted by Gasteiger charge is 2.10. The second-order valence-corrected chi connectivity index (χ2v) is 4.31. The average molecular weight is 235 g/mol. The highest BCUT2D eigenvalue weighted by Crippen LogP contribution is 2.28. The Morgan fingerprint density at radius 1 is 1.35 bits per heavy atom. The van der Waals surface area contributed by atoms with Crippen LogP contribution in [0.15, 0.2) is 23.4 Å². The molecule has 1 aromatic rings. The van der Waals surface area contributed by atoms with E-state index < -0.39 is 0 Å². The summed E-state index contributed by atoms with van der Waals surface area (Å²) in [5.74, 6) is 0.665. The Morgan fingerprint density at radius 2 is 2.12 bits per heavy atom. The number of aromatic hydroxyl groups is 1. The highest BCUT2D eigenvalue weighted by molar-refractivity contribution is 5.83. The van der Waals surface area contributed by atoms with Crippen molar-refractivity contribution in [1.82, 2.24) is 0 Å². The van der Waals surface area contributed by atoms with E-state index in [9.17, 15) is 5.11 Å². The first-order valence-corrected chi connectivity index (χ1v) is 6.23. The molecule has 94 valence electrons. The molecule has 2 N–H and O–H groups in total. The summed E-state index contributed by atoms with van der Waals surface area (Å²) in [6.45, 7) is 4.36. The SMILES string of the molecule is CCCCC(CC)c1ccc(O)c(/C=N/O)c1. The number of nitrogens with zero attached hydrogens (tertiary/aromatic N) is 1. The van der Waals surface area contributed by atoms with Gasteiger partial charge in [0.15, 0.2) is 0 Å². The third-order valence-electron chi connectivity index (χ3n) is 3.12. The van der Waals surface area contributed by atoms with Crippen LogP contribution in [0.4, 0.5) is 0 Å². The normalized spacial score (nSPS) is 13.1. The van der Waals surface area contributed by atoms with Gasteiger partial charge < -0.3 is 10.3 Å². The molecule has 1 unspecified atom stereocenters. The Labute approximate surface area is 103 Å². The van der Waals surface area contributed by atoms with Gasteiger partial charge in [0, 0.05) is 5.56 Å². The molecule has 0 aliphatic heterocycles. The maximum Gasteiger partial charge on any atom is 0.124 e.